The van der Waals surface area contributed by atoms with Gasteiger partial charge in [0.1, 0.15) is 30.0 Å². The number of benzene rings is 2. The fourth-order valence-electron chi connectivity index (χ4n) is 3.64. The van der Waals surface area contributed by atoms with Gasteiger partial charge in [0.2, 0.25) is 0 Å². The Hall–Kier alpha value is -4.88. The predicted molar refractivity (Wildman–Crippen MR) is 138 cm³/mol. The number of rotatable bonds is 7. The summed E-state index contributed by atoms with van der Waals surface area (Å²) in [6, 6.07) is 18.7. The number of nitriles is 1. The number of aromatic nitrogens is 2. The predicted octanol–water partition coefficient (Wildman–Crippen LogP) is 4.44. The number of para-hydroxylation sites is 1. The van der Waals surface area contributed by atoms with Gasteiger partial charge < -0.3 is 19.5 Å². The second kappa shape index (κ2) is 10.8. The molecule has 0 unspecified atom stereocenters. The van der Waals surface area contributed by atoms with Crippen LogP contribution < -0.4 is 14.8 Å². The van der Waals surface area contributed by atoms with E-state index in [-0.39, 0.29) is 0 Å². The number of anilines is 1. The topological polar surface area (TPSA) is 115 Å². The fourth-order valence-corrected chi connectivity index (χ4v) is 4.39. The normalized spacial score (nSPS) is 12.2. The largest absolute Gasteiger partial charge is 0.486 e. The number of carbonyl (C=O) groups excluding carboxylic acids is 2. The highest BCUT2D eigenvalue weighted by Crippen LogP contribution is 2.35. The molecule has 2 aromatic heterocycles. The summed E-state index contributed by atoms with van der Waals surface area (Å²) in [6.45, 7) is 0.478. The van der Waals surface area contributed by atoms with Crippen LogP contribution in [-0.2, 0) is 14.3 Å². The highest BCUT2D eigenvalue weighted by Gasteiger charge is 2.17. The highest BCUT2D eigenvalue weighted by atomic mass is 32.1. The number of fused-ring (bicyclic) bond motifs is 1. The van der Waals surface area contributed by atoms with Crippen molar-refractivity contribution < 1.29 is 23.8 Å². The van der Waals surface area contributed by atoms with Crippen molar-refractivity contribution >= 4 is 34.3 Å². The number of ether oxygens (including phenoxy) is 3. The molecule has 0 atom stereocenters. The Morgan fingerprint density at radius 2 is 1.95 bits per heavy atom. The third-order valence-corrected chi connectivity index (χ3v) is 6.19. The monoisotopic (exact) mass is 512 g/mol. The fraction of sp³-hybridized carbons (Fsp3) is 0.111. The lowest BCUT2D eigenvalue weighted by molar-refractivity contribution is -0.142. The van der Waals surface area contributed by atoms with Gasteiger partial charge in [0.25, 0.3) is 5.91 Å². The molecule has 0 aliphatic carbocycles. The molecule has 0 spiro atoms. The molecule has 1 aliphatic heterocycles. The minimum absolute atomic E-state index is 0.353. The Morgan fingerprint density at radius 3 is 2.76 bits per heavy atom. The first-order valence-electron chi connectivity index (χ1n) is 11.3. The van der Waals surface area contributed by atoms with E-state index in [0.29, 0.717) is 46.5 Å². The summed E-state index contributed by atoms with van der Waals surface area (Å²) in [5.41, 5.74) is 3.29. The van der Waals surface area contributed by atoms with Crippen molar-refractivity contribution in [2.45, 2.75) is 0 Å². The number of nitrogens with zero attached hydrogens (tertiary/aromatic N) is 3. The van der Waals surface area contributed by atoms with Gasteiger partial charge in [-0.3, -0.25) is 4.79 Å². The SMILES string of the molecule is N#Cc1ccsc1NC(=O)COC(=O)/C=C/c1cn(-c2ccccc2)nc1-c1ccc2c(c1)OCCO2. The van der Waals surface area contributed by atoms with Crippen LogP contribution in [0.25, 0.3) is 23.0 Å². The summed E-state index contributed by atoms with van der Waals surface area (Å²) < 4.78 is 18.1. The van der Waals surface area contributed by atoms with Gasteiger partial charge in [-0.25, -0.2) is 9.48 Å². The molecule has 10 heteroatoms. The van der Waals surface area contributed by atoms with Crippen molar-refractivity contribution in [2.24, 2.45) is 0 Å². The average Bonchev–Trinajstić information content (AvgIpc) is 3.58. The van der Waals surface area contributed by atoms with E-state index in [1.165, 1.54) is 17.4 Å². The number of hydrogen-bond donors (Lipinski definition) is 1. The van der Waals surface area contributed by atoms with E-state index >= 15 is 0 Å². The maximum atomic E-state index is 12.4. The van der Waals surface area contributed by atoms with Crippen molar-refractivity contribution in [3.05, 3.63) is 83.4 Å². The molecule has 0 saturated carbocycles. The summed E-state index contributed by atoms with van der Waals surface area (Å²) >= 11 is 1.22. The zero-order valence-corrected chi connectivity index (χ0v) is 20.2. The van der Waals surface area contributed by atoms with Crippen molar-refractivity contribution in [1.29, 1.82) is 5.26 Å². The number of hydrogen-bond acceptors (Lipinski definition) is 8. The van der Waals surface area contributed by atoms with Crippen LogP contribution in [0.15, 0.2) is 72.3 Å². The molecule has 1 aliphatic rings. The Kier molecular flexibility index (Phi) is 6.96. The molecule has 0 bridgehead atoms. The van der Waals surface area contributed by atoms with E-state index in [1.54, 1.807) is 28.4 Å². The lowest BCUT2D eigenvalue weighted by atomic mass is 10.1. The number of thiophene rings is 1. The standard InChI is InChI=1S/C27H20N4O5S/c28-15-19-10-13-37-27(19)29-24(32)17-36-25(33)9-7-20-16-31(21-4-2-1-3-5-21)30-26(20)18-6-8-22-23(14-18)35-12-11-34-22/h1-10,13-14,16H,11-12,17H2,(H,29,32)/b9-7+. The average molecular weight is 513 g/mol. The molecule has 3 heterocycles. The van der Waals surface area contributed by atoms with E-state index in [4.69, 9.17) is 24.6 Å². The maximum absolute atomic E-state index is 12.4. The maximum Gasteiger partial charge on any atom is 0.331 e. The number of esters is 1. The zero-order chi connectivity index (χ0) is 25.6. The molecule has 9 nitrogen and oxygen atoms in total. The summed E-state index contributed by atoms with van der Waals surface area (Å²) in [5, 5.41) is 18.5. The second-order valence-electron chi connectivity index (χ2n) is 7.84. The van der Waals surface area contributed by atoms with Crippen LogP contribution in [-0.4, -0.2) is 41.5 Å². The van der Waals surface area contributed by atoms with Crippen LogP contribution in [0.5, 0.6) is 11.5 Å². The zero-order valence-electron chi connectivity index (χ0n) is 19.4. The van der Waals surface area contributed by atoms with Crippen molar-refractivity contribution in [3.8, 4) is 34.5 Å². The molecule has 1 amide bonds. The first-order valence-corrected chi connectivity index (χ1v) is 12.2. The molecular formula is C27H20N4O5S. The molecule has 0 radical (unpaired) electrons. The first-order chi connectivity index (χ1) is 18.1. The molecular weight excluding hydrogens is 492 g/mol. The van der Waals surface area contributed by atoms with E-state index < -0.39 is 18.5 Å². The molecule has 184 valence electrons. The summed E-state index contributed by atoms with van der Waals surface area (Å²) in [4.78, 5) is 24.5. The van der Waals surface area contributed by atoms with E-state index in [9.17, 15) is 9.59 Å². The van der Waals surface area contributed by atoms with Gasteiger partial charge in [-0.1, -0.05) is 18.2 Å². The van der Waals surface area contributed by atoms with Crippen molar-refractivity contribution in [1.82, 2.24) is 9.78 Å². The summed E-state index contributed by atoms with van der Waals surface area (Å²) in [7, 11) is 0. The quantitative estimate of drug-likeness (QED) is 0.288. The van der Waals surface area contributed by atoms with Crippen molar-refractivity contribution in [2.75, 3.05) is 25.1 Å². The Morgan fingerprint density at radius 1 is 1.14 bits per heavy atom. The summed E-state index contributed by atoms with van der Waals surface area (Å²) in [5.74, 6) is 0.0709. The van der Waals surface area contributed by atoms with Gasteiger partial charge in [-0.05, 0) is 47.9 Å². The minimum Gasteiger partial charge on any atom is -0.486 e. The second-order valence-corrected chi connectivity index (χ2v) is 8.75. The number of carbonyl (C=O) groups is 2. The molecule has 0 fully saturated rings. The van der Waals surface area contributed by atoms with Gasteiger partial charge in [-0.2, -0.15) is 10.4 Å². The molecule has 5 rings (SSSR count). The molecule has 1 N–H and O–H groups in total. The molecule has 2 aromatic carbocycles. The van der Waals surface area contributed by atoms with Crippen LogP contribution in [0.2, 0.25) is 0 Å². The Bertz CT molecular complexity index is 1520. The van der Waals surface area contributed by atoms with Crippen LogP contribution in [0.4, 0.5) is 5.00 Å². The van der Waals surface area contributed by atoms with Crippen molar-refractivity contribution in [3.63, 3.8) is 0 Å². The van der Waals surface area contributed by atoms with E-state index in [2.05, 4.69) is 5.32 Å². The van der Waals surface area contributed by atoms with Gasteiger partial charge in [0, 0.05) is 23.4 Å². The van der Waals surface area contributed by atoms with Gasteiger partial charge in [0.15, 0.2) is 18.1 Å². The van der Waals surface area contributed by atoms with Crippen LogP contribution >= 0.6 is 11.3 Å². The van der Waals surface area contributed by atoms with Crippen LogP contribution in [0.3, 0.4) is 0 Å². The number of amides is 1. The lowest BCUT2D eigenvalue weighted by Gasteiger charge is -2.18. The van der Waals surface area contributed by atoms with Gasteiger partial charge in [-0.15, -0.1) is 11.3 Å². The molecule has 4 aromatic rings. The Balaban J connectivity index is 1.34. The van der Waals surface area contributed by atoms with Crippen LogP contribution in [0, 0.1) is 11.3 Å². The smallest absolute Gasteiger partial charge is 0.331 e. The van der Waals surface area contributed by atoms with Crippen LogP contribution in [0.1, 0.15) is 11.1 Å². The summed E-state index contributed by atoms with van der Waals surface area (Å²) in [6.07, 6.45) is 4.64. The molecule has 37 heavy (non-hydrogen) atoms. The van der Waals surface area contributed by atoms with Gasteiger partial charge >= 0.3 is 5.97 Å². The third-order valence-electron chi connectivity index (χ3n) is 5.36. The molecule has 0 saturated heterocycles. The third kappa shape index (κ3) is 5.52. The number of nitrogens with one attached hydrogen (secondary N) is 1. The minimum atomic E-state index is -0.692. The van der Waals surface area contributed by atoms with E-state index in [0.717, 1.165) is 11.3 Å². The van der Waals surface area contributed by atoms with E-state index in [1.807, 2.05) is 54.6 Å². The first kappa shape index (κ1) is 23.8. The highest BCUT2D eigenvalue weighted by molar-refractivity contribution is 7.14. The van der Waals surface area contributed by atoms with Gasteiger partial charge in [0.05, 0.1) is 11.3 Å². The lowest BCUT2D eigenvalue weighted by Crippen LogP contribution is -2.20. The Labute approximate surface area is 216 Å².